The number of thiazole rings is 1. The number of carbonyl (C=O) groups excluding carboxylic acids is 1. The number of anilines is 1. The van der Waals surface area contributed by atoms with E-state index in [0.29, 0.717) is 10.8 Å². The van der Waals surface area contributed by atoms with E-state index in [4.69, 9.17) is 5.73 Å². The van der Waals surface area contributed by atoms with Gasteiger partial charge in [0.1, 0.15) is 12.8 Å². The number of amides is 1. The predicted octanol–water partition coefficient (Wildman–Crippen LogP) is -0.178. The van der Waals surface area contributed by atoms with E-state index in [-0.39, 0.29) is 11.6 Å². The molecule has 0 saturated heterocycles. The van der Waals surface area contributed by atoms with Gasteiger partial charge in [-0.05, 0) is 0 Å². The Morgan fingerprint density at radius 1 is 1.79 bits per heavy atom. The van der Waals surface area contributed by atoms with Crippen LogP contribution in [0.3, 0.4) is 0 Å². The Hall–Kier alpha value is -1.63. The van der Waals surface area contributed by atoms with Crippen LogP contribution in [0.25, 0.3) is 0 Å². The number of nitrogens with one attached hydrogen (secondary N) is 1. The molecule has 1 heterocycles. The Morgan fingerprint density at radius 3 is 2.93 bits per heavy atom. The average molecular weight is 214 g/mol. The van der Waals surface area contributed by atoms with Crippen molar-refractivity contribution in [3.8, 4) is 0 Å². The molecule has 3 N–H and O–H groups in total. The minimum absolute atomic E-state index is 0.114. The molecule has 0 fully saturated rings. The largest absolute Gasteiger partial charge is 0.398 e. The van der Waals surface area contributed by atoms with Gasteiger partial charge in [-0.2, -0.15) is 0 Å². The second-order valence-electron chi connectivity index (χ2n) is 2.27. The van der Waals surface area contributed by atoms with E-state index in [1.807, 2.05) is 0 Å². The van der Waals surface area contributed by atoms with E-state index >= 15 is 0 Å². The molecule has 0 aliphatic heterocycles. The second kappa shape index (κ2) is 4.56. The topological polar surface area (TPSA) is 89.6 Å². The maximum absolute atomic E-state index is 11.3. The van der Waals surface area contributed by atoms with Gasteiger partial charge >= 0.3 is 0 Å². The molecule has 1 aromatic heterocycles. The van der Waals surface area contributed by atoms with E-state index in [1.165, 1.54) is 25.5 Å². The highest BCUT2D eigenvalue weighted by atomic mass is 32.1. The third-order valence-electron chi connectivity index (χ3n) is 1.39. The van der Waals surface area contributed by atoms with Gasteiger partial charge in [0.2, 0.25) is 0 Å². The highest BCUT2D eigenvalue weighted by Gasteiger charge is 2.16. The van der Waals surface area contributed by atoms with Gasteiger partial charge in [0.25, 0.3) is 5.91 Å². The first kappa shape index (κ1) is 10.5. The fourth-order valence-electron chi connectivity index (χ4n) is 0.811. The van der Waals surface area contributed by atoms with Crippen molar-refractivity contribution < 1.29 is 9.63 Å². The summed E-state index contributed by atoms with van der Waals surface area (Å²) >= 11 is 1.24. The monoisotopic (exact) mass is 214 g/mol. The molecular weight excluding hydrogens is 204 g/mol. The first-order valence-electron chi connectivity index (χ1n) is 3.73. The number of aromatic nitrogens is 1. The number of likely N-dealkylation sites (N-methyl/N-ethyl adjacent to an activating group) is 1. The zero-order valence-corrected chi connectivity index (χ0v) is 8.59. The molecule has 14 heavy (non-hydrogen) atoms. The number of nitrogens with two attached hydrogens (primary N) is 1. The molecule has 7 heteroatoms. The smallest absolute Gasteiger partial charge is 0.275 e. The minimum atomic E-state index is -0.364. The summed E-state index contributed by atoms with van der Waals surface area (Å²) in [5, 5.41) is 8.03. The van der Waals surface area contributed by atoms with E-state index in [0.717, 1.165) is 0 Å². The van der Waals surface area contributed by atoms with E-state index < -0.39 is 0 Å². The summed E-state index contributed by atoms with van der Waals surface area (Å²) in [7, 11) is 2.86. The Kier molecular flexibility index (Phi) is 3.41. The van der Waals surface area contributed by atoms with Crippen molar-refractivity contribution in [1.29, 1.82) is 0 Å². The van der Waals surface area contributed by atoms with Crippen LogP contribution in [0.2, 0.25) is 0 Å². The summed E-state index contributed by atoms with van der Waals surface area (Å²) in [6, 6.07) is 0. The van der Waals surface area contributed by atoms with Crippen molar-refractivity contribution in [2.45, 2.75) is 0 Å². The molecule has 0 unspecified atom stereocenters. The molecule has 76 valence electrons. The summed E-state index contributed by atoms with van der Waals surface area (Å²) in [6.45, 7) is 0. The normalized spacial score (nSPS) is 11.1. The zero-order chi connectivity index (χ0) is 10.6. The Morgan fingerprint density at radius 2 is 2.50 bits per heavy atom. The van der Waals surface area contributed by atoms with Crippen LogP contribution in [0.15, 0.2) is 10.5 Å². The van der Waals surface area contributed by atoms with Gasteiger partial charge in [-0.25, -0.2) is 4.98 Å². The molecule has 0 spiro atoms. The van der Waals surface area contributed by atoms with Gasteiger partial charge in [0.05, 0.1) is 0 Å². The molecule has 0 radical (unpaired) electrons. The number of carbonyl (C=O) groups is 1. The van der Waals surface area contributed by atoms with Crippen LogP contribution >= 0.6 is 11.3 Å². The van der Waals surface area contributed by atoms with Gasteiger partial charge in [-0.15, -0.1) is 11.3 Å². The minimum Gasteiger partial charge on any atom is -0.398 e. The lowest BCUT2D eigenvalue weighted by molar-refractivity contribution is -0.114. The number of oxime groups is 1. The van der Waals surface area contributed by atoms with Crippen LogP contribution < -0.4 is 11.1 Å². The SMILES string of the molecule is CNC(=O)/C(=N/OC)c1csc(N)n1. The van der Waals surface area contributed by atoms with Crippen LogP contribution in [-0.2, 0) is 9.63 Å². The summed E-state index contributed by atoms with van der Waals surface area (Å²) in [5.74, 6) is -0.364. The summed E-state index contributed by atoms with van der Waals surface area (Å²) in [6.07, 6.45) is 0. The maximum atomic E-state index is 11.3. The van der Waals surface area contributed by atoms with Crippen molar-refractivity contribution in [2.24, 2.45) is 5.16 Å². The standard InChI is InChI=1S/C7H10N4O2S/c1-9-6(12)5(11-13-2)4-3-14-7(8)10-4/h3H,1-2H3,(H2,8,10)(H,9,12)/b11-5+. The predicted molar refractivity (Wildman–Crippen MR) is 54.1 cm³/mol. The van der Waals surface area contributed by atoms with Gasteiger partial charge in [0.15, 0.2) is 10.8 Å². The fraction of sp³-hybridized carbons (Fsp3) is 0.286. The quantitative estimate of drug-likeness (QED) is 0.539. The Bertz CT molecular complexity index is 360. The summed E-state index contributed by atoms with van der Waals surface area (Å²) < 4.78 is 0. The molecule has 0 aliphatic rings. The molecule has 6 nitrogen and oxygen atoms in total. The third-order valence-corrected chi connectivity index (χ3v) is 2.06. The maximum Gasteiger partial charge on any atom is 0.275 e. The molecule has 0 saturated carbocycles. The zero-order valence-electron chi connectivity index (χ0n) is 7.77. The van der Waals surface area contributed by atoms with Crippen molar-refractivity contribution in [2.75, 3.05) is 19.9 Å². The molecule has 1 rings (SSSR count). The number of hydrogen-bond acceptors (Lipinski definition) is 6. The lowest BCUT2D eigenvalue weighted by Gasteiger charge is -1.99. The lowest BCUT2D eigenvalue weighted by atomic mass is 10.3. The summed E-state index contributed by atoms with van der Waals surface area (Å²) in [4.78, 5) is 19.8. The Labute approximate surface area is 84.8 Å². The molecule has 0 atom stereocenters. The van der Waals surface area contributed by atoms with Gasteiger partial charge in [0, 0.05) is 12.4 Å². The molecule has 0 aliphatic carbocycles. The second-order valence-corrected chi connectivity index (χ2v) is 3.16. The van der Waals surface area contributed by atoms with Crippen molar-refractivity contribution in [3.63, 3.8) is 0 Å². The number of nitrogen functional groups attached to an aromatic ring is 1. The first-order valence-corrected chi connectivity index (χ1v) is 4.61. The van der Waals surface area contributed by atoms with Crippen LogP contribution in [0.1, 0.15) is 5.69 Å². The number of nitrogens with zero attached hydrogens (tertiary/aromatic N) is 2. The van der Waals surface area contributed by atoms with Gasteiger partial charge in [-0.3, -0.25) is 4.79 Å². The number of hydrogen-bond donors (Lipinski definition) is 2. The fourth-order valence-corrected chi connectivity index (χ4v) is 1.36. The molecular formula is C7H10N4O2S. The lowest BCUT2D eigenvalue weighted by Crippen LogP contribution is -2.28. The molecule has 0 aromatic carbocycles. The summed E-state index contributed by atoms with van der Waals surface area (Å²) in [5.41, 5.74) is 5.96. The molecule has 0 bridgehead atoms. The van der Waals surface area contributed by atoms with Crippen LogP contribution in [-0.4, -0.2) is 30.8 Å². The average Bonchev–Trinajstić information content (AvgIpc) is 2.60. The molecule has 1 amide bonds. The third kappa shape index (κ3) is 2.19. The highest BCUT2D eigenvalue weighted by molar-refractivity contribution is 7.13. The number of rotatable bonds is 3. The van der Waals surface area contributed by atoms with E-state index in [2.05, 4.69) is 20.3 Å². The van der Waals surface area contributed by atoms with Crippen molar-refractivity contribution in [3.05, 3.63) is 11.1 Å². The van der Waals surface area contributed by atoms with Crippen molar-refractivity contribution >= 4 is 28.1 Å². The van der Waals surface area contributed by atoms with Crippen LogP contribution in [0, 0.1) is 0 Å². The van der Waals surface area contributed by atoms with Gasteiger partial charge < -0.3 is 15.9 Å². The van der Waals surface area contributed by atoms with Crippen LogP contribution in [0.5, 0.6) is 0 Å². The van der Waals surface area contributed by atoms with Crippen LogP contribution in [0.4, 0.5) is 5.13 Å². The highest BCUT2D eigenvalue weighted by Crippen LogP contribution is 2.12. The van der Waals surface area contributed by atoms with Gasteiger partial charge in [-0.1, -0.05) is 5.16 Å². The van der Waals surface area contributed by atoms with E-state index in [1.54, 1.807) is 5.38 Å². The Balaban J connectivity index is 3.00. The first-order chi connectivity index (χ1) is 6.69. The van der Waals surface area contributed by atoms with Crippen molar-refractivity contribution in [1.82, 2.24) is 10.3 Å². The van der Waals surface area contributed by atoms with E-state index in [9.17, 15) is 4.79 Å². The molecule has 1 aromatic rings.